The number of benzene rings is 1. The molecular weight excluding hydrogens is 291 g/mol. The van der Waals surface area contributed by atoms with Crippen LogP contribution in [0.15, 0.2) is 34.2 Å². The molecule has 7 heteroatoms. The molecule has 0 fully saturated rings. The number of aromatic amines is 2. The minimum atomic E-state index is -0.428. The van der Waals surface area contributed by atoms with E-state index < -0.39 is 5.82 Å². The van der Waals surface area contributed by atoms with Gasteiger partial charge in [0, 0.05) is 29.3 Å². The summed E-state index contributed by atoms with van der Waals surface area (Å²) in [5.41, 5.74) is 0.693. The summed E-state index contributed by atoms with van der Waals surface area (Å²) in [5.74, 6) is 0.860. The average Bonchev–Trinajstić information content (AvgIpc) is 2.94. The topological polar surface area (TPSA) is 74.4 Å². The molecule has 0 aliphatic rings. The van der Waals surface area contributed by atoms with Gasteiger partial charge >= 0.3 is 0 Å². The zero-order chi connectivity index (χ0) is 14.8. The highest BCUT2D eigenvalue weighted by Gasteiger charge is 2.08. The molecule has 1 aromatic carbocycles. The van der Waals surface area contributed by atoms with Crippen molar-refractivity contribution in [2.45, 2.75) is 24.3 Å². The number of hydrogen-bond acceptors (Lipinski definition) is 4. The van der Waals surface area contributed by atoms with Crippen LogP contribution in [0.2, 0.25) is 0 Å². The first-order chi connectivity index (χ1) is 10.2. The summed E-state index contributed by atoms with van der Waals surface area (Å²) in [5, 5.41) is 7.86. The van der Waals surface area contributed by atoms with Crippen molar-refractivity contribution >= 4 is 22.7 Å². The maximum atomic E-state index is 13.8. The highest BCUT2D eigenvalue weighted by Crippen LogP contribution is 2.19. The number of hydrogen-bond donors (Lipinski definition) is 2. The van der Waals surface area contributed by atoms with E-state index in [9.17, 15) is 9.18 Å². The van der Waals surface area contributed by atoms with Gasteiger partial charge in [-0.25, -0.2) is 9.37 Å². The summed E-state index contributed by atoms with van der Waals surface area (Å²) < 4.78 is 13.8. The second-order valence-electron chi connectivity index (χ2n) is 4.53. The molecule has 0 atom stereocenters. The molecule has 21 heavy (non-hydrogen) atoms. The summed E-state index contributed by atoms with van der Waals surface area (Å²) in [6.45, 7) is 1.98. The van der Waals surface area contributed by atoms with Crippen molar-refractivity contribution in [2.24, 2.45) is 0 Å². The normalized spacial score (nSPS) is 11.1. The van der Waals surface area contributed by atoms with Gasteiger partial charge in [0.05, 0.1) is 5.52 Å². The van der Waals surface area contributed by atoms with E-state index in [0.29, 0.717) is 22.0 Å². The lowest BCUT2D eigenvalue weighted by atomic mass is 10.2. The van der Waals surface area contributed by atoms with Crippen molar-refractivity contribution < 1.29 is 4.39 Å². The van der Waals surface area contributed by atoms with E-state index in [2.05, 4.69) is 20.2 Å². The maximum absolute atomic E-state index is 13.8. The number of aryl methyl sites for hydroxylation is 1. The van der Waals surface area contributed by atoms with Crippen LogP contribution in [-0.4, -0.2) is 20.2 Å². The first-order valence-electron chi connectivity index (χ1n) is 6.52. The van der Waals surface area contributed by atoms with Gasteiger partial charge in [0.2, 0.25) is 5.16 Å². The molecule has 0 saturated carbocycles. The molecule has 0 aliphatic heterocycles. The number of pyridine rings is 1. The first kappa shape index (κ1) is 13.8. The fraction of sp³-hybridized carbons (Fsp3) is 0.214. The van der Waals surface area contributed by atoms with Gasteiger partial charge in [-0.3, -0.25) is 9.89 Å². The molecule has 0 bridgehead atoms. The molecule has 2 N–H and O–H groups in total. The molecule has 0 amide bonds. The molecular formula is C14H13FN4OS. The number of para-hydroxylation sites is 1. The molecule has 2 heterocycles. The summed E-state index contributed by atoms with van der Waals surface area (Å²) in [6.07, 6.45) is 0.783. The molecule has 108 valence electrons. The van der Waals surface area contributed by atoms with Crippen LogP contribution < -0.4 is 5.43 Å². The monoisotopic (exact) mass is 304 g/mol. The van der Waals surface area contributed by atoms with E-state index in [1.807, 2.05) is 6.92 Å². The van der Waals surface area contributed by atoms with Gasteiger partial charge in [-0.05, 0) is 12.1 Å². The van der Waals surface area contributed by atoms with Gasteiger partial charge in [0.1, 0.15) is 11.6 Å². The van der Waals surface area contributed by atoms with Crippen molar-refractivity contribution in [3.8, 4) is 0 Å². The number of H-pyrrole nitrogens is 2. The third-order valence-corrected chi connectivity index (χ3v) is 3.97. The Hall–Kier alpha value is -2.15. The number of nitrogens with zero attached hydrogens (tertiary/aromatic N) is 2. The van der Waals surface area contributed by atoms with E-state index in [1.54, 1.807) is 6.07 Å². The number of thioether (sulfide) groups is 1. The van der Waals surface area contributed by atoms with Gasteiger partial charge in [0.15, 0.2) is 5.43 Å². The van der Waals surface area contributed by atoms with Crippen LogP contribution in [0.25, 0.3) is 10.9 Å². The molecule has 0 aliphatic carbocycles. The van der Waals surface area contributed by atoms with Gasteiger partial charge in [-0.2, -0.15) is 0 Å². The molecule has 0 saturated heterocycles. The van der Waals surface area contributed by atoms with E-state index in [-0.39, 0.29) is 10.9 Å². The van der Waals surface area contributed by atoms with Crippen molar-refractivity contribution in [3.05, 3.63) is 51.8 Å². The van der Waals surface area contributed by atoms with Crippen molar-refractivity contribution in [3.63, 3.8) is 0 Å². The third kappa shape index (κ3) is 2.82. The molecule has 3 aromatic rings. The van der Waals surface area contributed by atoms with E-state index in [1.165, 1.54) is 30.0 Å². The number of rotatable bonds is 4. The lowest BCUT2D eigenvalue weighted by Crippen LogP contribution is -2.05. The number of halogens is 1. The standard InChI is InChI=1S/C14H13FN4OS/c1-2-12-17-14(19-18-12)21-7-8-6-11(20)9-4-3-5-10(15)13(9)16-8/h3-6H,2,7H2,1H3,(H,16,20)(H,17,18,19). The molecule has 3 rings (SSSR count). The summed E-state index contributed by atoms with van der Waals surface area (Å²) >= 11 is 1.39. The van der Waals surface area contributed by atoms with Crippen LogP contribution in [0.4, 0.5) is 4.39 Å². The zero-order valence-corrected chi connectivity index (χ0v) is 12.1. The van der Waals surface area contributed by atoms with Crippen molar-refractivity contribution in [2.75, 3.05) is 0 Å². The Bertz CT molecular complexity index is 842. The van der Waals surface area contributed by atoms with Crippen LogP contribution >= 0.6 is 11.8 Å². The predicted octanol–water partition coefficient (Wildman–Crippen LogP) is 2.64. The number of nitrogens with one attached hydrogen (secondary N) is 2. The Kier molecular flexibility index (Phi) is 3.74. The van der Waals surface area contributed by atoms with Gasteiger partial charge in [-0.1, -0.05) is 24.8 Å². The van der Waals surface area contributed by atoms with Crippen LogP contribution in [-0.2, 0) is 12.2 Å². The van der Waals surface area contributed by atoms with Crippen molar-refractivity contribution in [1.29, 1.82) is 0 Å². The second-order valence-corrected chi connectivity index (χ2v) is 5.47. The molecule has 2 aromatic heterocycles. The zero-order valence-electron chi connectivity index (χ0n) is 11.3. The fourth-order valence-corrected chi connectivity index (χ4v) is 2.73. The quantitative estimate of drug-likeness (QED) is 0.727. The van der Waals surface area contributed by atoms with Crippen LogP contribution in [0.1, 0.15) is 18.4 Å². The Morgan fingerprint density at radius 3 is 3.00 bits per heavy atom. The second kappa shape index (κ2) is 5.69. The average molecular weight is 304 g/mol. The maximum Gasteiger partial charge on any atom is 0.208 e. The predicted molar refractivity (Wildman–Crippen MR) is 79.8 cm³/mol. The minimum Gasteiger partial charge on any atom is -0.355 e. The Morgan fingerprint density at radius 2 is 2.24 bits per heavy atom. The minimum absolute atomic E-state index is 0.192. The van der Waals surface area contributed by atoms with E-state index in [0.717, 1.165) is 12.2 Å². The number of aromatic nitrogens is 4. The first-order valence-corrected chi connectivity index (χ1v) is 7.50. The van der Waals surface area contributed by atoms with Gasteiger partial charge in [-0.15, -0.1) is 5.10 Å². The molecule has 5 nitrogen and oxygen atoms in total. The lowest BCUT2D eigenvalue weighted by Gasteiger charge is -2.03. The fourth-order valence-electron chi connectivity index (χ4n) is 2.01. The summed E-state index contributed by atoms with van der Waals surface area (Å²) in [6, 6.07) is 5.96. The molecule has 0 spiro atoms. The molecule has 0 radical (unpaired) electrons. The van der Waals surface area contributed by atoms with Gasteiger partial charge in [0.25, 0.3) is 0 Å². The Balaban J connectivity index is 1.87. The number of fused-ring (bicyclic) bond motifs is 1. The van der Waals surface area contributed by atoms with Crippen LogP contribution in [0, 0.1) is 5.82 Å². The Labute approximate surface area is 124 Å². The molecule has 0 unspecified atom stereocenters. The van der Waals surface area contributed by atoms with Gasteiger partial charge < -0.3 is 4.98 Å². The largest absolute Gasteiger partial charge is 0.355 e. The third-order valence-electron chi connectivity index (χ3n) is 3.07. The summed E-state index contributed by atoms with van der Waals surface area (Å²) in [7, 11) is 0. The van der Waals surface area contributed by atoms with Crippen LogP contribution in [0.5, 0.6) is 0 Å². The van der Waals surface area contributed by atoms with E-state index in [4.69, 9.17) is 0 Å². The SMILES string of the molecule is CCc1nc(SCc2cc(=O)c3cccc(F)c3[nH]2)n[nH]1. The van der Waals surface area contributed by atoms with Crippen molar-refractivity contribution in [1.82, 2.24) is 20.2 Å². The van der Waals surface area contributed by atoms with E-state index >= 15 is 0 Å². The smallest absolute Gasteiger partial charge is 0.208 e. The lowest BCUT2D eigenvalue weighted by molar-refractivity contribution is 0.636. The van der Waals surface area contributed by atoms with Crippen LogP contribution in [0.3, 0.4) is 0 Å². The highest BCUT2D eigenvalue weighted by atomic mass is 32.2. The Morgan fingerprint density at radius 1 is 1.38 bits per heavy atom. The summed E-state index contributed by atoms with van der Waals surface area (Å²) in [4.78, 5) is 19.2. The highest BCUT2D eigenvalue weighted by molar-refractivity contribution is 7.98.